The molecule has 0 amide bonds. The molecule has 0 radical (unpaired) electrons. The zero-order valence-corrected chi connectivity index (χ0v) is 12.1. The summed E-state index contributed by atoms with van der Waals surface area (Å²) in [5, 5.41) is 19.7. The molecule has 1 N–H and O–H groups in total. The van der Waals surface area contributed by atoms with E-state index in [1.807, 2.05) is 6.07 Å². The molecule has 2 saturated heterocycles. The van der Waals surface area contributed by atoms with Gasteiger partial charge in [-0.05, 0) is 37.6 Å². The Bertz CT molecular complexity index is 570. The molecule has 0 aromatic heterocycles. The summed E-state index contributed by atoms with van der Waals surface area (Å²) in [5.74, 6) is -0.414. The third-order valence-corrected chi connectivity index (χ3v) is 4.71. The first-order valence-corrected chi connectivity index (χ1v) is 7.21. The molecule has 3 rings (SSSR count). The summed E-state index contributed by atoms with van der Waals surface area (Å²) in [6.45, 7) is 1.23. The molecule has 2 aliphatic rings. The summed E-state index contributed by atoms with van der Waals surface area (Å²) in [6, 6.07) is 6.73. The number of morpholine rings is 1. The van der Waals surface area contributed by atoms with Crippen molar-refractivity contribution in [2.75, 3.05) is 20.3 Å². The Morgan fingerprint density at radius 1 is 1.43 bits per heavy atom. The van der Waals surface area contributed by atoms with Crippen LogP contribution in [-0.2, 0) is 11.2 Å². The molecule has 4 nitrogen and oxygen atoms in total. The molecule has 2 fully saturated rings. The first-order valence-electron chi connectivity index (χ1n) is 7.21. The fourth-order valence-corrected chi connectivity index (χ4v) is 3.50. The number of nitriles is 1. The highest BCUT2D eigenvalue weighted by Gasteiger charge is 2.44. The Morgan fingerprint density at radius 2 is 2.10 bits per heavy atom. The molecule has 1 aromatic carbocycles. The molecular weight excluding hydrogens is 271 g/mol. The number of nitrogens with zero attached hydrogens (tertiary/aromatic N) is 2. The highest BCUT2D eigenvalue weighted by molar-refractivity contribution is 5.33. The highest BCUT2D eigenvalue weighted by atomic mass is 19.1. The van der Waals surface area contributed by atoms with Crippen molar-refractivity contribution in [1.82, 2.24) is 4.90 Å². The summed E-state index contributed by atoms with van der Waals surface area (Å²) in [5.41, 5.74) is -0.127. The van der Waals surface area contributed by atoms with Crippen LogP contribution in [0.2, 0.25) is 0 Å². The maximum Gasteiger partial charge on any atom is 0.127 e. The van der Waals surface area contributed by atoms with Crippen LogP contribution in [0, 0.1) is 17.1 Å². The van der Waals surface area contributed by atoms with E-state index in [0.29, 0.717) is 37.2 Å². The van der Waals surface area contributed by atoms with E-state index in [-0.39, 0.29) is 18.5 Å². The van der Waals surface area contributed by atoms with E-state index in [1.54, 1.807) is 12.1 Å². The first kappa shape index (κ1) is 14.5. The molecule has 0 saturated carbocycles. The van der Waals surface area contributed by atoms with E-state index in [0.717, 1.165) is 0 Å². The Morgan fingerprint density at radius 3 is 2.67 bits per heavy atom. The Labute approximate surface area is 123 Å². The van der Waals surface area contributed by atoms with Gasteiger partial charge in [0.05, 0.1) is 30.4 Å². The van der Waals surface area contributed by atoms with Gasteiger partial charge in [0.15, 0.2) is 0 Å². The minimum Gasteiger partial charge on any atom is -0.389 e. The molecule has 2 heterocycles. The lowest BCUT2D eigenvalue weighted by Crippen LogP contribution is -2.60. The minimum absolute atomic E-state index is 0.184. The van der Waals surface area contributed by atoms with Crippen molar-refractivity contribution < 1.29 is 14.2 Å². The van der Waals surface area contributed by atoms with Gasteiger partial charge in [0, 0.05) is 18.5 Å². The van der Waals surface area contributed by atoms with Crippen LogP contribution >= 0.6 is 0 Å². The van der Waals surface area contributed by atoms with Gasteiger partial charge < -0.3 is 9.84 Å². The van der Waals surface area contributed by atoms with Gasteiger partial charge in [-0.15, -0.1) is 0 Å². The number of benzene rings is 1. The van der Waals surface area contributed by atoms with Gasteiger partial charge in [-0.1, -0.05) is 6.07 Å². The minimum atomic E-state index is -0.902. The van der Waals surface area contributed by atoms with Crippen molar-refractivity contribution in [2.45, 2.75) is 36.9 Å². The number of ether oxygens (including phenoxy) is 1. The van der Waals surface area contributed by atoms with Crippen molar-refractivity contribution in [3.8, 4) is 6.07 Å². The second-order valence-corrected chi connectivity index (χ2v) is 6.24. The SMILES string of the molecule is CN1C2COCC1CC(O)(Cc1ccc(C#N)cc1F)C2. The van der Waals surface area contributed by atoms with E-state index in [2.05, 4.69) is 11.9 Å². The van der Waals surface area contributed by atoms with Crippen LogP contribution in [0.15, 0.2) is 18.2 Å². The third-order valence-electron chi connectivity index (χ3n) is 4.71. The second-order valence-electron chi connectivity index (χ2n) is 6.24. The monoisotopic (exact) mass is 290 g/mol. The summed E-state index contributed by atoms with van der Waals surface area (Å²) < 4.78 is 19.6. The molecular formula is C16H19FN2O2. The van der Waals surface area contributed by atoms with Gasteiger partial charge in [-0.2, -0.15) is 5.26 Å². The fraction of sp³-hybridized carbons (Fsp3) is 0.562. The number of halogens is 1. The fourth-order valence-electron chi connectivity index (χ4n) is 3.50. The van der Waals surface area contributed by atoms with Gasteiger partial charge >= 0.3 is 0 Å². The predicted octanol–water partition coefficient (Wildman–Crippen LogP) is 1.46. The number of fused-ring (bicyclic) bond motifs is 2. The van der Waals surface area contributed by atoms with E-state index in [1.165, 1.54) is 6.07 Å². The number of rotatable bonds is 2. The number of piperidine rings is 1. The van der Waals surface area contributed by atoms with Gasteiger partial charge in [0.25, 0.3) is 0 Å². The Kier molecular flexibility index (Phi) is 3.70. The lowest BCUT2D eigenvalue weighted by Gasteiger charge is -2.50. The molecule has 1 aromatic rings. The van der Waals surface area contributed by atoms with Crippen LogP contribution in [0.5, 0.6) is 0 Å². The number of aliphatic hydroxyl groups is 1. The second kappa shape index (κ2) is 5.38. The normalized spacial score (nSPS) is 32.7. The predicted molar refractivity (Wildman–Crippen MR) is 75.2 cm³/mol. The van der Waals surface area contributed by atoms with Gasteiger partial charge in [-0.3, -0.25) is 4.90 Å². The molecule has 2 aliphatic heterocycles. The largest absolute Gasteiger partial charge is 0.389 e. The van der Waals surface area contributed by atoms with Gasteiger partial charge in [0.1, 0.15) is 5.82 Å². The van der Waals surface area contributed by atoms with Crippen molar-refractivity contribution in [3.05, 3.63) is 35.1 Å². The van der Waals surface area contributed by atoms with E-state index in [4.69, 9.17) is 10.00 Å². The Hall–Kier alpha value is -1.48. The quantitative estimate of drug-likeness (QED) is 0.896. The number of hydrogen-bond donors (Lipinski definition) is 1. The molecule has 0 spiro atoms. The van der Waals surface area contributed by atoms with Crippen LogP contribution in [-0.4, -0.2) is 48.0 Å². The molecule has 2 bridgehead atoms. The summed E-state index contributed by atoms with van der Waals surface area (Å²) in [4.78, 5) is 2.26. The molecule has 2 unspecified atom stereocenters. The lowest BCUT2D eigenvalue weighted by atomic mass is 9.78. The average molecular weight is 290 g/mol. The molecule has 0 aliphatic carbocycles. The Balaban J connectivity index is 1.80. The molecule has 112 valence electrons. The van der Waals surface area contributed by atoms with Crippen LogP contribution in [0.4, 0.5) is 4.39 Å². The van der Waals surface area contributed by atoms with Gasteiger partial charge in [0.2, 0.25) is 0 Å². The van der Waals surface area contributed by atoms with E-state index >= 15 is 0 Å². The van der Waals surface area contributed by atoms with Crippen molar-refractivity contribution in [2.24, 2.45) is 0 Å². The topological polar surface area (TPSA) is 56.5 Å². The summed E-state index contributed by atoms with van der Waals surface area (Å²) >= 11 is 0. The van der Waals surface area contributed by atoms with Crippen molar-refractivity contribution >= 4 is 0 Å². The smallest absolute Gasteiger partial charge is 0.127 e. The van der Waals surface area contributed by atoms with Gasteiger partial charge in [-0.25, -0.2) is 4.39 Å². The van der Waals surface area contributed by atoms with Crippen molar-refractivity contribution in [1.29, 1.82) is 5.26 Å². The maximum absolute atomic E-state index is 14.0. The zero-order valence-electron chi connectivity index (χ0n) is 12.1. The summed E-state index contributed by atoms with van der Waals surface area (Å²) in [7, 11) is 2.06. The lowest BCUT2D eigenvalue weighted by molar-refractivity contribution is -0.133. The molecule has 5 heteroatoms. The first-order chi connectivity index (χ1) is 10.0. The van der Waals surface area contributed by atoms with Crippen LogP contribution in [0.25, 0.3) is 0 Å². The van der Waals surface area contributed by atoms with E-state index in [9.17, 15) is 9.50 Å². The molecule has 2 atom stereocenters. The number of hydrogen-bond acceptors (Lipinski definition) is 4. The summed E-state index contributed by atoms with van der Waals surface area (Å²) in [6.07, 6.45) is 1.45. The third kappa shape index (κ3) is 2.80. The average Bonchev–Trinajstić information content (AvgIpc) is 2.43. The standard InChI is InChI=1S/C16H19FN2O2/c1-19-13-6-16(20,7-14(19)10-21-9-13)5-12-3-2-11(8-18)4-15(12)17/h2-4,13-14,20H,5-7,9-10H2,1H3. The maximum atomic E-state index is 14.0. The van der Waals surface area contributed by atoms with E-state index < -0.39 is 11.4 Å². The van der Waals surface area contributed by atoms with Crippen LogP contribution in [0.1, 0.15) is 24.0 Å². The molecule has 21 heavy (non-hydrogen) atoms. The van der Waals surface area contributed by atoms with Crippen LogP contribution in [0.3, 0.4) is 0 Å². The zero-order chi connectivity index (χ0) is 15.0. The highest BCUT2D eigenvalue weighted by Crippen LogP contribution is 2.36. The van der Waals surface area contributed by atoms with Crippen molar-refractivity contribution in [3.63, 3.8) is 0 Å². The number of likely N-dealkylation sites (N-methyl/N-ethyl adjacent to an activating group) is 1. The van der Waals surface area contributed by atoms with Crippen LogP contribution < -0.4 is 0 Å².